The molecule has 0 fully saturated rings. The molecule has 198 valence electrons. The number of fused-ring (bicyclic) bond motifs is 9. The van der Waals surface area contributed by atoms with Gasteiger partial charge in [-0.05, 0) is 52.4 Å². The summed E-state index contributed by atoms with van der Waals surface area (Å²) in [5, 5.41) is 5.19. The van der Waals surface area contributed by atoms with Crippen molar-refractivity contribution in [1.82, 2.24) is 9.05 Å². The van der Waals surface area contributed by atoms with Gasteiger partial charge in [-0.3, -0.25) is 0 Å². The molecule has 1 aliphatic heterocycles. The highest BCUT2D eigenvalue weighted by atomic mass is 15.0. The molecule has 0 amide bonds. The Labute approximate surface area is 245 Å². The van der Waals surface area contributed by atoms with Crippen LogP contribution in [0, 0.1) is 0 Å². The maximum Gasteiger partial charge on any atom is 0.328 e. The second-order valence-corrected chi connectivity index (χ2v) is 12.1. The van der Waals surface area contributed by atoms with Crippen LogP contribution in [0.5, 0.6) is 0 Å². The van der Waals surface area contributed by atoms with E-state index in [2.05, 4.69) is 162 Å². The highest BCUT2D eigenvalue weighted by molar-refractivity contribution is 6.86. The highest BCUT2D eigenvalue weighted by Crippen LogP contribution is 2.42. The first-order chi connectivity index (χ1) is 20.6. The zero-order chi connectivity index (χ0) is 28.0. The Morgan fingerprint density at radius 2 is 1.05 bits per heavy atom. The van der Waals surface area contributed by atoms with Gasteiger partial charge in [-0.15, -0.1) is 0 Å². The number of aromatic nitrogens is 2. The Morgan fingerprint density at radius 3 is 1.76 bits per heavy atom. The van der Waals surface area contributed by atoms with Crippen LogP contribution >= 0.6 is 0 Å². The Kier molecular flexibility index (Phi) is 4.79. The molecule has 0 aliphatic carbocycles. The van der Waals surface area contributed by atoms with Crippen LogP contribution in [0.4, 0.5) is 0 Å². The fourth-order valence-electron chi connectivity index (χ4n) is 7.87. The van der Waals surface area contributed by atoms with Gasteiger partial charge in [0, 0.05) is 43.7 Å². The zero-order valence-corrected chi connectivity index (χ0v) is 23.8. The van der Waals surface area contributed by atoms with Crippen LogP contribution in [0.25, 0.3) is 49.3 Å². The molecule has 0 spiro atoms. The van der Waals surface area contributed by atoms with Gasteiger partial charge in [-0.1, -0.05) is 123 Å². The summed E-state index contributed by atoms with van der Waals surface area (Å²) in [5.74, 6) is 0. The molecule has 0 radical (unpaired) electrons. The molecule has 0 saturated carbocycles. The van der Waals surface area contributed by atoms with Crippen molar-refractivity contribution in [1.29, 1.82) is 0 Å². The van der Waals surface area contributed by atoms with E-state index in [1.165, 1.54) is 71.4 Å². The summed E-state index contributed by atoms with van der Waals surface area (Å²) in [6.07, 6.45) is 0. The number of hydrogen-bond donors (Lipinski definition) is 0. The molecule has 6 aromatic carbocycles. The quantitative estimate of drug-likeness (QED) is 0.197. The van der Waals surface area contributed by atoms with Gasteiger partial charge in [-0.25, -0.2) is 0 Å². The lowest BCUT2D eigenvalue weighted by Gasteiger charge is -2.39. The second kappa shape index (κ2) is 8.50. The number of hydrogen-bond acceptors (Lipinski definition) is 0. The van der Waals surface area contributed by atoms with E-state index in [4.69, 9.17) is 0 Å². The summed E-state index contributed by atoms with van der Waals surface area (Å²) < 4.78 is 5.08. The summed E-state index contributed by atoms with van der Waals surface area (Å²) in [7, 11) is 0. The third kappa shape index (κ3) is 3.00. The topological polar surface area (TPSA) is 9.86 Å². The Bertz CT molecular complexity index is 2290. The van der Waals surface area contributed by atoms with E-state index < -0.39 is 0 Å². The van der Waals surface area contributed by atoms with Crippen LogP contribution in [0.15, 0.2) is 140 Å². The molecular weight excluding hydrogens is 507 g/mol. The Hall–Kier alpha value is -5.02. The summed E-state index contributed by atoms with van der Waals surface area (Å²) in [6, 6.07) is 51.5. The highest BCUT2D eigenvalue weighted by Gasteiger charge is 2.41. The van der Waals surface area contributed by atoms with Gasteiger partial charge in [0.25, 0.3) is 0 Å². The van der Waals surface area contributed by atoms with E-state index in [1.807, 2.05) is 0 Å². The van der Waals surface area contributed by atoms with Crippen molar-refractivity contribution in [2.75, 3.05) is 0 Å². The normalized spacial score (nSPS) is 14.1. The van der Waals surface area contributed by atoms with E-state index in [9.17, 15) is 0 Å². The molecule has 0 N–H and O–H groups in total. The smallest absolute Gasteiger partial charge is 0.328 e. The molecule has 3 heterocycles. The Morgan fingerprint density at radius 1 is 0.476 bits per heavy atom. The van der Waals surface area contributed by atoms with E-state index >= 15 is 0 Å². The van der Waals surface area contributed by atoms with Crippen LogP contribution in [0.1, 0.15) is 25.0 Å². The largest absolute Gasteiger partial charge is 0.375 e. The third-order valence-electron chi connectivity index (χ3n) is 9.64. The van der Waals surface area contributed by atoms with Crippen LogP contribution in [-0.4, -0.2) is 15.9 Å². The molecule has 2 aromatic heterocycles. The lowest BCUT2D eigenvalue weighted by Crippen LogP contribution is -2.58. The first kappa shape index (κ1) is 23.7. The van der Waals surface area contributed by atoms with Crippen molar-refractivity contribution < 1.29 is 0 Å². The zero-order valence-electron chi connectivity index (χ0n) is 23.8. The minimum atomic E-state index is -0.0822. The molecule has 42 heavy (non-hydrogen) atoms. The van der Waals surface area contributed by atoms with Crippen molar-refractivity contribution in [2.45, 2.75) is 19.3 Å². The van der Waals surface area contributed by atoms with Crippen LogP contribution in [-0.2, 0) is 5.41 Å². The molecule has 0 unspecified atom stereocenters. The molecular formula is C39H29BN2. The molecule has 0 bridgehead atoms. The van der Waals surface area contributed by atoms with E-state index in [0.29, 0.717) is 0 Å². The molecule has 9 rings (SSSR count). The molecule has 8 aromatic rings. The van der Waals surface area contributed by atoms with E-state index in [-0.39, 0.29) is 12.3 Å². The number of para-hydroxylation sites is 3. The summed E-state index contributed by atoms with van der Waals surface area (Å²) >= 11 is 0. The van der Waals surface area contributed by atoms with Crippen LogP contribution < -0.4 is 10.9 Å². The number of rotatable bonds is 2. The van der Waals surface area contributed by atoms with Crippen molar-refractivity contribution in [3.63, 3.8) is 0 Å². The van der Waals surface area contributed by atoms with Crippen LogP contribution in [0.2, 0.25) is 0 Å². The van der Waals surface area contributed by atoms with Crippen molar-refractivity contribution in [2.24, 2.45) is 0 Å². The van der Waals surface area contributed by atoms with Gasteiger partial charge in [0.05, 0.1) is 11.0 Å². The first-order valence-electron chi connectivity index (χ1n) is 14.8. The minimum Gasteiger partial charge on any atom is -0.375 e. The van der Waals surface area contributed by atoms with Crippen molar-refractivity contribution >= 4 is 61.4 Å². The molecule has 2 nitrogen and oxygen atoms in total. The summed E-state index contributed by atoms with van der Waals surface area (Å²) in [6.45, 7) is 4.80. The van der Waals surface area contributed by atoms with Gasteiger partial charge in [0.2, 0.25) is 0 Å². The van der Waals surface area contributed by atoms with Crippen LogP contribution in [0.3, 0.4) is 0 Å². The number of benzene rings is 6. The minimum absolute atomic E-state index is 0.0530. The predicted molar refractivity (Wildman–Crippen MR) is 179 cm³/mol. The fraction of sp³-hybridized carbons (Fsp3) is 0.0769. The van der Waals surface area contributed by atoms with Gasteiger partial charge >= 0.3 is 6.85 Å². The van der Waals surface area contributed by atoms with Gasteiger partial charge in [0.15, 0.2) is 0 Å². The SMILES string of the molecule is CC1(C)c2ccccc2B(n2c3ccccc3c3ccc4c(c5ccccc5n4-c4ccccc4)c32)c2ccccc21. The average Bonchev–Trinajstić information content (AvgIpc) is 3.55. The molecule has 0 atom stereocenters. The first-order valence-corrected chi connectivity index (χ1v) is 14.8. The van der Waals surface area contributed by atoms with Crippen molar-refractivity contribution in [3.8, 4) is 5.69 Å². The molecule has 3 heteroatoms. The predicted octanol–water partition coefficient (Wildman–Crippen LogP) is 8.18. The summed E-state index contributed by atoms with van der Waals surface area (Å²) in [4.78, 5) is 0. The monoisotopic (exact) mass is 536 g/mol. The van der Waals surface area contributed by atoms with Gasteiger partial charge in [-0.2, -0.15) is 0 Å². The lowest BCUT2D eigenvalue weighted by atomic mass is 9.41. The molecule has 1 aliphatic rings. The lowest BCUT2D eigenvalue weighted by molar-refractivity contribution is 0.645. The van der Waals surface area contributed by atoms with Crippen molar-refractivity contribution in [3.05, 3.63) is 151 Å². The standard InChI is InChI=1S/C39H29BN2/c1-39(2)30-18-8-10-20-32(30)40(33-21-11-9-19-31(33)39)42-35-23-13-6-16-27(35)28-24-25-36-37(38(28)42)29-17-7-12-22-34(29)41(36)26-14-4-3-5-15-26/h3-25H,1-2H3. The maximum absolute atomic E-state index is 2.65. The second-order valence-electron chi connectivity index (χ2n) is 12.1. The van der Waals surface area contributed by atoms with E-state index in [1.54, 1.807) is 0 Å². The maximum atomic E-state index is 2.65. The van der Waals surface area contributed by atoms with Gasteiger partial charge < -0.3 is 9.05 Å². The molecule has 0 saturated heterocycles. The summed E-state index contributed by atoms with van der Waals surface area (Å²) in [5.41, 5.74) is 11.7. The van der Waals surface area contributed by atoms with E-state index in [0.717, 1.165) is 0 Å². The Balaban J connectivity index is 1.51. The van der Waals surface area contributed by atoms with Gasteiger partial charge in [0.1, 0.15) is 0 Å². The third-order valence-corrected chi connectivity index (χ3v) is 9.64. The number of nitrogens with zero attached hydrogens (tertiary/aromatic N) is 2. The average molecular weight is 536 g/mol. The fourth-order valence-corrected chi connectivity index (χ4v) is 7.87.